The molecule has 0 aliphatic rings. The fourth-order valence-electron chi connectivity index (χ4n) is 1.76. The van der Waals surface area contributed by atoms with Gasteiger partial charge in [0.1, 0.15) is 0 Å². The van der Waals surface area contributed by atoms with Crippen molar-refractivity contribution in [3.05, 3.63) is 46.5 Å². The van der Waals surface area contributed by atoms with E-state index in [1.165, 1.54) is 22.5 Å². The molecule has 3 nitrogen and oxygen atoms in total. The lowest BCUT2D eigenvalue weighted by atomic mass is 10.1. The molecule has 0 radical (unpaired) electrons. The van der Waals surface area contributed by atoms with Gasteiger partial charge in [-0.05, 0) is 18.9 Å². The molecule has 2 rings (SSSR count). The van der Waals surface area contributed by atoms with E-state index in [0.29, 0.717) is 23.9 Å². The molecule has 20 heavy (non-hydrogen) atoms. The van der Waals surface area contributed by atoms with Crippen molar-refractivity contribution in [2.24, 2.45) is 0 Å². The average Bonchev–Trinajstić information content (AvgIpc) is 2.86. The van der Waals surface area contributed by atoms with Gasteiger partial charge in [-0.15, -0.1) is 22.9 Å². The van der Waals surface area contributed by atoms with Crippen LogP contribution in [0.5, 0.6) is 0 Å². The summed E-state index contributed by atoms with van der Waals surface area (Å²) in [5, 5.41) is 3.46. The van der Waals surface area contributed by atoms with Gasteiger partial charge >= 0.3 is 0 Å². The molecule has 0 saturated carbocycles. The van der Waals surface area contributed by atoms with Crippen LogP contribution in [0.15, 0.2) is 30.5 Å². The van der Waals surface area contributed by atoms with Crippen molar-refractivity contribution < 1.29 is 4.79 Å². The van der Waals surface area contributed by atoms with Gasteiger partial charge in [0.2, 0.25) is 5.91 Å². The fourth-order valence-corrected chi connectivity index (χ4v) is 2.76. The number of benzene rings is 1. The molecule has 1 aromatic heterocycles. The van der Waals surface area contributed by atoms with Gasteiger partial charge in [0, 0.05) is 29.8 Å². The molecular weight excluding hydrogens is 292 g/mol. The summed E-state index contributed by atoms with van der Waals surface area (Å²) in [4.78, 5) is 16.9. The monoisotopic (exact) mass is 308 g/mol. The van der Waals surface area contributed by atoms with Crippen LogP contribution in [0.1, 0.15) is 28.8 Å². The maximum absolute atomic E-state index is 11.6. The highest BCUT2D eigenvalue weighted by Gasteiger charge is 2.07. The lowest BCUT2D eigenvalue weighted by Crippen LogP contribution is -2.10. The number of carbonyl (C=O) groups excluding carboxylic acids is 1. The summed E-state index contributed by atoms with van der Waals surface area (Å²) in [6, 6.07) is 8.44. The number of thiazole rings is 1. The molecule has 1 amide bonds. The molecule has 0 atom stereocenters. The van der Waals surface area contributed by atoms with Crippen LogP contribution in [0.4, 0.5) is 5.13 Å². The van der Waals surface area contributed by atoms with E-state index in [9.17, 15) is 4.79 Å². The zero-order valence-electron chi connectivity index (χ0n) is 11.4. The van der Waals surface area contributed by atoms with Crippen LogP contribution in [-0.4, -0.2) is 16.8 Å². The largest absolute Gasteiger partial charge is 0.302 e. The zero-order chi connectivity index (χ0) is 14.4. The molecule has 0 aliphatic heterocycles. The Morgan fingerprint density at radius 2 is 2.10 bits per heavy atom. The van der Waals surface area contributed by atoms with E-state index in [2.05, 4.69) is 41.5 Å². The Hall–Kier alpha value is -1.39. The molecule has 1 N–H and O–H groups in total. The van der Waals surface area contributed by atoms with Gasteiger partial charge in [0.25, 0.3) is 0 Å². The summed E-state index contributed by atoms with van der Waals surface area (Å²) in [5.74, 6) is 0.478. The minimum Gasteiger partial charge on any atom is -0.302 e. The number of rotatable bonds is 6. The summed E-state index contributed by atoms with van der Waals surface area (Å²) < 4.78 is 0. The standard InChI is InChI=1S/C15H17ClN2OS/c1-11-4-6-12(7-5-11)9-13-10-17-15(20-13)18-14(19)3-2-8-16/h4-7,10H,2-3,8-9H2,1H3,(H,17,18,19). The fraction of sp³-hybridized carbons (Fsp3) is 0.333. The number of aryl methyl sites for hydroxylation is 1. The first-order valence-corrected chi connectivity index (χ1v) is 7.88. The summed E-state index contributed by atoms with van der Waals surface area (Å²) in [6.07, 6.45) is 3.79. The van der Waals surface area contributed by atoms with Gasteiger partial charge in [0.15, 0.2) is 5.13 Å². The van der Waals surface area contributed by atoms with E-state index >= 15 is 0 Å². The topological polar surface area (TPSA) is 42.0 Å². The highest BCUT2D eigenvalue weighted by Crippen LogP contribution is 2.21. The first kappa shape index (κ1) is 15.0. The predicted octanol–water partition coefficient (Wildman–Crippen LogP) is 4.00. The number of hydrogen-bond donors (Lipinski definition) is 1. The van der Waals surface area contributed by atoms with E-state index in [0.717, 1.165) is 11.3 Å². The highest BCUT2D eigenvalue weighted by molar-refractivity contribution is 7.15. The maximum atomic E-state index is 11.6. The highest BCUT2D eigenvalue weighted by atomic mass is 35.5. The van der Waals surface area contributed by atoms with Crippen LogP contribution >= 0.6 is 22.9 Å². The Balaban J connectivity index is 1.91. The first-order chi connectivity index (χ1) is 9.67. The molecule has 0 bridgehead atoms. The molecule has 0 spiro atoms. The number of anilines is 1. The predicted molar refractivity (Wildman–Crippen MR) is 84.7 cm³/mol. The second-order valence-corrected chi connectivity index (χ2v) is 6.13. The Kier molecular flexibility index (Phi) is 5.56. The van der Waals surface area contributed by atoms with E-state index < -0.39 is 0 Å². The van der Waals surface area contributed by atoms with Crippen LogP contribution in [0.25, 0.3) is 0 Å². The first-order valence-electron chi connectivity index (χ1n) is 6.53. The molecule has 5 heteroatoms. The Bertz CT molecular complexity index is 566. The smallest absolute Gasteiger partial charge is 0.226 e. The van der Waals surface area contributed by atoms with Crippen molar-refractivity contribution in [2.45, 2.75) is 26.2 Å². The SMILES string of the molecule is Cc1ccc(Cc2cnc(NC(=O)CCCCl)s2)cc1. The third-order valence-electron chi connectivity index (χ3n) is 2.84. The molecule has 0 aliphatic carbocycles. The molecule has 0 saturated heterocycles. The summed E-state index contributed by atoms with van der Waals surface area (Å²) in [5.41, 5.74) is 2.50. The minimum absolute atomic E-state index is 0.0260. The molecule has 1 aromatic carbocycles. The van der Waals surface area contributed by atoms with E-state index in [1.807, 2.05) is 6.20 Å². The Morgan fingerprint density at radius 3 is 2.80 bits per heavy atom. The van der Waals surface area contributed by atoms with Gasteiger partial charge < -0.3 is 5.32 Å². The number of nitrogens with zero attached hydrogens (tertiary/aromatic N) is 1. The Labute approximate surface area is 128 Å². The van der Waals surface area contributed by atoms with Gasteiger partial charge in [-0.1, -0.05) is 29.8 Å². The van der Waals surface area contributed by atoms with Crippen LogP contribution in [0, 0.1) is 6.92 Å². The maximum Gasteiger partial charge on any atom is 0.226 e. The lowest BCUT2D eigenvalue weighted by Gasteiger charge is -2.00. The zero-order valence-corrected chi connectivity index (χ0v) is 12.9. The molecule has 0 unspecified atom stereocenters. The minimum atomic E-state index is -0.0260. The van der Waals surface area contributed by atoms with Crippen LogP contribution < -0.4 is 5.32 Å². The quantitative estimate of drug-likeness (QED) is 0.820. The number of amides is 1. The molecule has 1 heterocycles. The summed E-state index contributed by atoms with van der Waals surface area (Å²) in [7, 11) is 0. The van der Waals surface area contributed by atoms with Crippen molar-refractivity contribution >= 4 is 34.0 Å². The van der Waals surface area contributed by atoms with E-state index in [1.54, 1.807) is 0 Å². The molecular formula is C15H17ClN2OS. The van der Waals surface area contributed by atoms with Gasteiger partial charge in [-0.25, -0.2) is 4.98 Å². The molecule has 106 valence electrons. The van der Waals surface area contributed by atoms with Crippen LogP contribution in [0.2, 0.25) is 0 Å². The number of carbonyl (C=O) groups is 1. The van der Waals surface area contributed by atoms with Crippen molar-refractivity contribution in [1.82, 2.24) is 4.98 Å². The average molecular weight is 309 g/mol. The second-order valence-electron chi connectivity index (χ2n) is 4.63. The number of alkyl halides is 1. The third-order valence-corrected chi connectivity index (χ3v) is 4.02. The lowest BCUT2D eigenvalue weighted by molar-refractivity contribution is -0.116. The normalized spacial score (nSPS) is 10.5. The van der Waals surface area contributed by atoms with Crippen molar-refractivity contribution in [3.63, 3.8) is 0 Å². The van der Waals surface area contributed by atoms with Gasteiger partial charge in [0.05, 0.1) is 0 Å². The van der Waals surface area contributed by atoms with Crippen molar-refractivity contribution in [3.8, 4) is 0 Å². The van der Waals surface area contributed by atoms with Crippen molar-refractivity contribution in [2.75, 3.05) is 11.2 Å². The third kappa shape index (κ3) is 4.62. The Morgan fingerprint density at radius 1 is 1.35 bits per heavy atom. The van der Waals surface area contributed by atoms with E-state index in [-0.39, 0.29) is 5.91 Å². The van der Waals surface area contributed by atoms with Crippen molar-refractivity contribution in [1.29, 1.82) is 0 Å². The number of hydrogen-bond acceptors (Lipinski definition) is 3. The number of nitrogens with one attached hydrogen (secondary N) is 1. The van der Waals surface area contributed by atoms with Gasteiger partial charge in [-0.2, -0.15) is 0 Å². The van der Waals surface area contributed by atoms with Gasteiger partial charge in [-0.3, -0.25) is 4.79 Å². The number of aromatic nitrogens is 1. The van der Waals surface area contributed by atoms with Crippen LogP contribution in [0.3, 0.4) is 0 Å². The summed E-state index contributed by atoms with van der Waals surface area (Å²) in [6.45, 7) is 2.07. The number of halogens is 1. The van der Waals surface area contributed by atoms with Crippen LogP contribution in [-0.2, 0) is 11.2 Å². The molecule has 0 fully saturated rings. The van der Waals surface area contributed by atoms with E-state index in [4.69, 9.17) is 11.6 Å². The second kappa shape index (κ2) is 7.41. The summed E-state index contributed by atoms with van der Waals surface area (Å²) >= 11 is 7.08. The molecule has 2 aromatic rings.